The highest BCUT2D eigenvalue weighted by atomic mass is 32.2. The highest BCUT2D eigenvalue weighted by Crippen LogP contribution is 2.26. The van der Waals surface area contributed by atoms with E-state index in [1.54, 1.807) is 10.3 Å². The monoisotopic (exact) mass is 378 g/mol. The lowest BCUT2D eigenvalue weighted by Gasteiger charge is -2.27. The number of rotatable bonds is 5. The van der Waals surface area contributed by atoms with Crippen LogP contribution in [0.1, 0.15) is 35.8 Å². The van der Waals surface area contributed by atoms with Crippen molar-refractivity contribution in [2.75, 3.05) is 18.1 Å². The van der Waals surface area contributed by atoms with E-state index in [-0.39, 0.29) is 23.5 Å². The van der Waals surface area contributed by atoms with E-state index in [0.29, 0.717) is 18.7 Å². The van der Waals surface area contributed by atoms with Crippen molar-refractivity contribution in [3.05, 3.63) is 40.9 Å². The first kappa shape index (κ1) is 18.1. The quantitative estimate of drug-likeness (QED) is 0.801. The van der Waals surface area contributed by atoms with Crippen molar-refractivity contribution in [3.8, 4) is 10.6 Å². The maximum absolute atomic E-state index is 12.9. The van der Waals surface area contributed by atoms with Gasteiger partial charge in [0.1, 0.15) is 10.7 Å². The van der Waals surface area contributed by atoms with Gasteiger partial charge in [0, 0.05) is 23.5 Å². The first-order valence-corrected chi connectivity index (χ1v) is 11.1. The molecule has 0 bridgehead atoms. The number of sulfone groups is 1. The molecule has 0 aliphatic carbocycles. The highest BCUT2D eigenvalue weighted by Gasteiger charge is 2.35. The third-order valence-corrected chi connectivity index (χ3v) is 7.04. The van der Waals surface area contributed by atoms with Gasteiger partial charge in [0.05, 0.1) is 11.5 Å². The van der Waals surface area contributed by atoms with Gasteiger partial charge in [-0.1, -0.05) is 36.8 Å². The first-order chi connectivity index (χ1) is 11.9. The minimum absolute atomic E-state index is 0.0632. The van der Waals surface area contributed by atoms with Crippen molar-refractivity contribution in [1.82, 2.24) is 9.88 Å². The summed E-state index contributed by atoms with van der Waals surface area (Å²) < 4.78 is 23.5. The van der Waals surface area contributed by atoms with Gasteiger partial charge in [-0.15, -0.1) is 11.3 Å². The number of hydrogen-bond donors (Lipinski definition) is 0. The van der Waals surface area contributed by atoms with Crippen LogP contribution in [-0.2, 0) is 9.84 Å². The van der Waals surface area contributed by atoms with Gasteiger partial charge in [-0.25, -0.2) is 13.4 Å². The van der Waals surface area contributed by atoms with Gasteiger partial charge in [0.2, 0.25) is 0 Å². The molecule has 2 heterocycles. The number of carbonyl (C=O) groups excluding carboxylic acids is 1. The van der Waals surface area contributed by atoms with E-state index in [9.17, 15) is 13.2 Å². The second-order valence-electron chi connectivity index (χ2n) is 6.46. The van der Waals surface area contributed by atoms with Crippen LogP contribution < -0.4 is 0 Å². The molecule has 1 amide bonds. The molecule has 7 heteroatoms. The van der Waals surface area contributed by atoms with Crippen molar-refractivity contribution in [3.63, 3.8) is 0 Å². The van der Waals surface area contributed by atoms with Gasteiger partial charge in [-0.3, -0.25) is 4.79 Å². The zero-order chi connectivity index (χ0) is 18.0. The second kappa shape index (κ2) is 7.25. The molecule has 1 atom stereocenters. The van der Waals surface area contributed by atoms with E-state index in [4.69, 9.17) is 0 Å². The smallest absolute Gasteiger partial charge is 0.273 e. The number of benzene rings is 1. The topological polar surface area (TPSA) is 67.3 Å². The molecule has 0 spiro atoms. The zero-order valence-corrected chi connectivity index (χ0v) is 16.1. The van der Waals surface area contributed by atoms with Gasteiger partial charge in [-0.2, -0.15) is 0 Å². The zero-order valence-electron chi connectivity index (χ0n) is 14.4. The maximum atomic E-state index is 12.9. The molecular weight excluding hydrogens is 356 g/mol. The highest BCUT2D eigenvalue weighted by molar-refractivity contribution is 7.91. The molecule has 5 nitrogen and oxygen atoms in total. The Morgan fingerprint density at radius 1 is 1.32 bits per heavy atom. The van der Waals surface area contributed by atoms with Gasteiger partial charge < -0.3 is 4.90 Å². The number of nitrogens with zero attached hydrogens (tertiary/aromatic N) is 2. The summed E-state index contributed by atoms with van der Waals surface area (Å²) >= 11 is 1.44. The Morgan fingerprint density at radius 3 is 2.64 bits per heavy atom. The SMILES string of the molecule is CCCN(C(=O)c1csc(-c2ccc(C)cc2)n1)C1CCS(=O)(=O)C1. The number of thiazole rings is 1. The standard InChI is InChI=1S/C18H22N2O3S2/c1-3-9-20(15-8-10-25(22,23)12-15)18(21)16-11-24-17(19-16)14-6-4-13(2)5-7-14/h4-7,11,15H,3,8-10,12H2,1-2H3. The van der Waals surface area contributed by atoms with Crippen LogP contribution in [0.15, 0.2) is 29.6 Å². The molecule has 3 rings (SSSR count). The average Bonchev–Trinajstić information content (AvgIpc) is 3.19. The van der Waals surface area contributed by atoms with Gasteiger partial charge in [-0.05, 0) is 19.8 Å². The number of aromatic nitrogens is 1. The van der Waals surface area contributed by atoms with E-state index < -0.39 is 9.84 Å². The fraction of sp³-hybridized carbons (Fsp3) is 0.444. The molecule has 1 aromatic heterocycles. The molecule has 1 aromatic carbocycles. The largest absolute Gasteiger partial charge is 0.333 e. The van der Waals surface area contributed by atoms with Crippen LogP contribution in [-0.4, -0.2) is 48.3 Å². The molecule has 1 unspecified atom stereocenters. The van der Waals surface area contributed by atoms with Gasteiger partial charge in [0.25, 0.3) is 5.91 Å². The van der Waals surface area contributed by atoms with Crippen molar-refractivity contribution >= 4 is 27.1 Å². The lowest BCUT2D eigenvalue weighted by Crippen LogP contribution is -2.41. The Morgan fingerprint density at radius 2 is 2.04 bits per heavy atom. The third-order valence-electron chi connectivity index (χ3n) is 4.40. The maximum Gasteiger partial charge on any atom is 0.273 e. The summed E-state index contributed by atoms with van der Waals surface area (Å²) in [6, 6.07) is 7.80. The number of aryl methyl sites for hydroxylation is 1. The molecule has 1 aliphatic rings. The summed E-state index contributed by atoms with van der Waals surface area (Å²) in [4.78, 5) is 19.1. The summed E-state index contributed by atoms with van der Waals surface area (Å²) in [7, 11) is -3.03. The molecule has 1 aliphatic heterocycles. The van der Waals surface area contributed by atoms with Crippen LogP contribution in [0.5, 0.6) is 0 Å². The molecule has 1 fully saturated rings. The van der Waals surface area contributed by atoms with E-state index in [1.165, 1.54) is 16.9 Å². The number of carbonyl (C=O) groups is 1. The van der Waals surface area contributed by atoms with Crippen molar-refractivity contribution in [1.29, 1.82) is 0 Å². The van der Waals surface area contributed by atoms with Crippen LogP contribution in [0.25, 0.3) is 10.6 Å². The van der Waals surface area contributed by atoms with Crippen molar-refractivity contribution in [2.24, 2.45) is 0 Å². The summed E-state index contributed by atoms with van der Waals surface area (Å²) in [5.74, 6) is 0.0587. The Balaban J connectivity index is 1.82. The van der Waals surface area contributed by atoms with E-state index in [1.807, 2.05) is 38.1 Å². The van der Waals surface area contributed by atoms with E-state index in [2.05, 4.69) is 4.98 Å². The fourth-order valence-electron chi connectivity index (χ4n) is 3.06. The third kappa shape index (κ3) is 4.10. The second-order valence-corrected chi connectivity index (χ2v) is 9.55. The minimum atomic E-state index is -3.03. The molecular formula is C18H22N2O3S2. The van der Waals surface area contributed by atoms with Crippen LogP contribution in [0, 0.1) is 6.92 Å². The fourth-order valence-corrected chi connectivity index (χ4v) is 5.59. The van der Waals surface area contributed by atoms with E-state index in [0.717, 1.165) is 17.0 Å². The van der Waals surface area contributed by atoms with Crippen molar-refractivity contribution in [2.45, 2.75) is 32.7 Å². The molecule has 2 aromatic rings. The molecule has 1 saturated heterocycles. The Kier molecular flexibility index (Phi) is 5.24. The molecule has 25 heavy (non-hydrogen) atoms. The summed E-state index contributed by atoms with van der Waals surface area (Å²) in [6.45, 7) is 4.57. The lowest BCUT2D eigenvalue weighted by molar-refractivity contribution is 0.0692. The number of amides is 1. The molecule has 0 N–H and O–H groups in total. The lowest BCUT2D eigenvalue weighted by atomic mass is 10.1. The van der Waals surface area contributed by atoms with Crippen LogP contribution in [0.2, 0.25) is 0 Å². The van der Waals surface area contributed by atoms with Gasteiger partial charge >= 0.3 is 0 Å². The number of hydrogen-bond acceptors (Lipinski definition) is 5. The Labute approximate surface area is 152 Å². The van der Waals surface area contributed by atoms with Crippen molar-refractivity contribution < 1.29 is 13.2 Å². The Hall–Kier alpha value is -1.73. The van der Waals surface area contributed by atoms with E-state index >= 15 is 0 Å². The van der Waals surface area contributed by atoms with Crippen LogP contribution >= 0.6 is 11.3 Å². The minimum Gasteiger partial charge on any atom is -0.333 e. The van der Waals surface area contributed by atoms with Crippen LogP contribution in [0.4, 0.5) is 0 Å². The average molecular weight is 379 g/mol. The summed E-state index contributed by atoms with van der Waals surface area (Å²) in [5, 5.41) is 2.57. The molecule has 0 radical (unpaired) electrons. The van der Waals surface area contributed by atoms with Crippen LogP contribution in [0.3, 0.4) is 0 Å². The molecule has 134 valence electrons. The normalized spacial score (nSPS) is 19.0. The predicted octanol–water partition coefficient (Wildman–Crippen LogP) is 3.16. The predicted molar refractivity (Wildman–Crippen MR) is 101 cm³/mol. The van der Waals surface area contributed by atoms with Gasteiger partial charge in [0.15, 0.2) is 9.84 Å². The first-order valence-electron chi connectivity index (χ1n) is 8.43. The molecule has 0 saturated carbocycles. The summed E-state index contributed by atoms with van der Waals surface area (Å²) in [6.07, 6.45) is 1.31. The Bertz CT molecular complexity index is 857. The summed E-state index contributed by atoms with van der Waals surface area (Å²) in [5.41, 5.74) is 2.56.